The van der Waals surface area contributed by atoms with Crippen LogP contribution in [0.1, 0.15) is 87.1 Å². The van der Waals surface area contributed by atoms with E-state index in [0.29, 0.717) is 23.3 Å². The molecule has 0 saturated heterocycles. The molecule has 2 aromatic carbocycles. The summed E-state index contributed by atoms with van der Waals surface area (Å²) in [6.45, 7) is 2.24. The number of hydrogen-bond acceptors (Lipinski definition) is 3. The van der Waals surface area contributed by atoms with Gasteiger partial charge in [-0.15, -0.1) is 0 Å². The number of benzene rings is 2. The van der Waals surface area contributed by atoms with Gasteiger partial charge in [-0.1, -0.05) is 88.6 Å². The van der Waals surface area contributed by atoms with E-state index in [1.54, 1.807) is 24.3 Å². The summed E-state index contributed by atoms with van der Waals surface area (Å²) in [4.78, 5) is 12.4. The molecule has 0 aliphatic heterocycles. The molecule has 2 aromatic rings. The van der Waals surface area contributed by atoms with Crippen LogP contribution >= 0.6 is 0 Å². The van der Waals surface area contributed by atoms with E-state index in [4.69, 9.17) is 4.74 Å². The van der Waals surface area contributed by atoms with Crippen LogP contribution in [0.4, 0.5) is 0 Å². The maximum atomic E-state index is 12.4. The van der Waals surface area contributed by atoms with Crippen molar-refractivity contribution in [1.29, 1.82) is 0 Å². The quantitative estimate of drug-likeness (QED) is 0.229. The van der Waals surface area contributed by atoms with Gasteiger partial charge in [-0.2, -0.15) is 0 Å². The third-order valence-electron chi connectivity index (χ3n) is 4.98. The second-order valence-electron chi connectivity index (χ2n) is 7.41. The Morgan fingerprint density at radius 1 is 0.786 bits per heavy atom. The van der Waals surface area contributed by atoms with Crippen molar-refractivity contribution in [3.05, 3.63) is 65.7 Å². The number of carbonyl (C=O) groups is 1. The van der Waals surface area contributed by atoms with Gasteiger partial charge in [-0.25, -0.2) is 0 Å². The smallest absolute Gasteiger partial charge is 0.197 e. The summed E-state index contributed by atoms with van der Waals surface area (Å²) in [7, 11) is 0. The van der Waals surface area contributed by atoms with Crippen LogP contribution in [0.15, 0.2) is 54.6 Å². The predicted octanol–water partition coefficient (Wildman–Crippen LogP) is 6.54. The first-order valence-electron chi connectivity index (χ1n) is 10.7. The molecule has 152 valence electrons. The first kappa shape index (κ1) is 22.2. The van der Waals surface area contributed by atoms with Gasteiger partial charge >= 0.3 is 0 Å². The minimum atomic E-state index is -0.791. The molecule has 0 aromatic heterocycles. The summed E-state index contributed by atoms with van der Waals surface area (Å²) >= 11 is 0. The van der Waals surface area contributed by atoms with E-state index in [1.807, 2.05) is 30.3 Å². The fraction of sp³-hybridized carbons (Fsp3) is 0.480. The highest BCUT2D eigenvalue weighted by molar-refractivity contribution is 6.08. The lowest BCUT2D eigenvalue weighted by atomic mass is 10.0. The highest BCUT2D eigenvalue weighted by atomic mass is 16.6. The highest BCUT2D eigenvalue weighted by Gasteiger charge is 2.10. The van der Waals surface area contributed by atoms with Crippen LogP contribution in [0.2, 0.25) is 0 Å². The van der Waals surface area contributed by atoms with Gasteiger partial charge in [0.2, 0.25) is 0 Å². The van der Waals surface area contributed by atoms with Gasteiger partial charge < -0.3 is 9.84 Å². The molecule has 0 saturated carbocycles. The Bertz CT molecular complexity index is 664. The van der Waals surface area contributed by atoms with Gasteiger partial charge in [0.15, 0.2) is 12.1 Å². The summed E-state index contributed by atoms with van der Waals surface area (Å²) in [6, 6.07) is 16.2. The number of ether oxygens (including phenoxy) is 1. The zero-order valence-electron chi connectivity index (χ0n) is 17.1. The van der Waals surface area contributed by atoms with Crippen molar-refractivity contribution < 1.29 is 14.6 Å². The highest BCUT2D eigenvalue weighted by Crippen LogP contribution is 2.18. The van der Waals surface area contributed by atoms with Crippen molar-refractivity contribution in [1.82, 2.24) is 0 Å². The second kappa shape index (κ2) is 13.1. The van der Waals surface area contributed by atoms with E-state index >= 15 is 0 Å². The normalized spacial score (nSPS) is 11.9. The molecule has 0 spiro atoms. The van der Waals surface area contributed by atoms with Crippen LogP contribution in [-0.2, 0) is 0 Å². The van der Waals surface area contributed by atoms with Crippen LogP contribution in [0, 0.1) is 0 Å². The molecule has 0 bridgehead atoms. The fourth-order valence-electron chi connectivity index (χ4n) is 3.29. The van der Waals surface area contributed by atoms with E-state index in [1.165, 1.54) is 44.9 Å². The summed E-state index contributed by atoms with van der Waals surface area (Å²) in [5.74, 6) is 0.579. The number of aliphatic hydroxyl groups excluding tert-OH is 1. The van der Waals surface area contributed by atoms with Crippen LogP contribution in [0.5, 0.6) is 5.75 Å². The van der Waals surface area contributed by atoms with Gasteiger partial charge in [-0.05, 0) is 30.7 Å². The van der Waals surface area contributed by atoms with Gasteiger partial charge in [0.05, 0.1) is 0 Å². The lowest BCUT2D eigenvalue weighted by molar-refractivity contribution is -0.0246. The van der Waals surface area contributed by atoms with Crippen LogP contribution in [0.3, 0.4) is 0 Å². The number of hydrogen-bond donors (Lipinski definition) is 1. The van der Waals surface area contributed by atoms with E-state index < -0.39 is 6.29 Å². The Balaban J connectivity index is 1.63. The molecule has 0 aliphatic carbocycles. The molecular formula is C25H34O3. The molecule has 3 nitrogen and oxygen atoms in total. The minimum absolute atomic E-state index is 0.0117. The summed E-state index contributed by atoms with van der Waals surface area (Å²) in [6.07, 6.45) is 11.2. The summed E-state index contributed by atoms with van der Waals surface area (Å²) in [5, 5.41) is 10.1. The third-order valence-corrected chi connectivity index (χ3v) is 4.98. The first-order valence-corrected chi connectivity index (χ1v) is 10.7. The first-order chi connectivity index (χ1) is 13.7. The molecule has 3 heteroatoms. The SMILES string of the molecule is CCCCCCCCCCCC(O)Oc1ccc(C(=O)c2ccccc2)cc1. The Kier molecular flexibility index (Phi) is 10.4. The van der Waals surface area contributed by atoms with E-state index in [0.717, 1.165) is 12.8 Å². The molecule has 0 amide bonds. The molecule has 1 N–H and O–H groups in total. The van der Waals surface area contributed by atoms with E-state index in [9.17, 15) is 9.90 Å². The van der Waals surface area contributed by atoms with Crippen molar-refractivity contribution in [2.24, 2.45) is 0 Å². The van der Waals surface area contributed by atoms with E-state index in [2.05, 4.69) is 6.92 Å². The molecular weight excluding hydrogens is 348 g/mol. The van der Waals surface area contributed by atoms with Crippen molar-refractivity contribution >= 4 is 5.78 Å². The standard InChI is InChI=1S/C25H34O3/c1-2-3-4-5-6-7-8-9-13-16-24(26)28-23-19-17-22(18-20-23)25(27)21-14-11-10-12-15-21/h10-12,14-15,17-20,24,26H,2-9,13,16H2,1H3. The maximum Gasteiger partial charge on any atom is 0.197 e. The number of aliphatic hydroxyl groups is 1. The second-order valence-corrected chi connectivity index (χ2v) is 7.41. The maximum absolute atomic E-state index is 12.4. The van der Waals surface area contributed by atoms with Crippen LogP contribution < -0.4 is 4.74 Å². The van der Waals surface area contributed by atoms with Crippen molar-refractivity contribution in [3.8, 4) is 5.75 Å². The van der Waals surface area contributed by atoms with Gasteiger partial charge in [-0.3, -0.25) is 4.79 Å². The van der Waals surface area contributed by atoms with Crippen LogP contribution in [-0.4, -0.2) is 17.2 Å². The molecule has 0 radical (unpaired) electrons. The molecule has 2 rings (SSSR count). The number of unbranched alkanes of at least 4 members (excludes halogenated alkanes) is 8. The van der Waals surface area contributed by atoms with Crippen molar-refractivity contribution in [2.75, 3.05) is 0 Å². The summed E-state index contributed by atoms with van der Waals surface area (Å²) in [5.41, 5.74) is 1.29. The lowest BCUT2D eigenvalue weighted by Crippen LogP contribution is -2.15. The molecule has 1 atom stereocenters. The number of carbonyl (C=O) groups excluding carboxylic acids is 1. The minimum Gasteiger partial charge on any atom is -0.465 e. The zero-order chi connectivity index (χ0) is 20.0. The van der Waals surface area contributed by atoms with Gasteiger partial charge in [0.25, 0.3) is 0 Å². The monoisotopic (exact) mass is 382 g/mol. The zero-order valence-corrected chi connectivity index (χ0v) is 17.1. The number of ketones is 1. The molecule has 0 aliphatic rings. The fourth-order valence-corrected chi connectivity index (χ4v) is 3.29. The van der Waals surface area contributed by atoms with Crippen molar-refractivity contribution in [3.63, 3.8) is 0 Å². The third kappa shape index (κ3) is 8.26. The molecule has 1 unspecified atom stereocenters. The largest absolute Gasteiger partial charge is 0.465 e. The average molecular weight is 383 g/mol. The van der Waals surface area contributed by atoms with Crippen LogP contribution in [0.25, 0.3) is 0 Å². The molecule has 0 fully saturated rings. The van der Waals surface area contributed by atoms with Crippen molar-refractivity contribution in [2.45, 2.75) is 77.4 Å². The predicted molar refractivity (Wildman–Crippen MR) is 115 cm³/mol. The van der Waals surface area contributed by atoms with Gasteiger partial charge in [0.1, 0.15) is 5.75 Å². The molecule has 28 heavy (non-hydrogen) atoms. The lowest BCUT2D eigenvalue weighted by Gasteiger charge is -2.13. The Morgan fingerprint density at radius 2 is 1.32 bits per heavy atom. The topological polar surface area (TPSA) is 46.5 Å². The molecule has 0 heterocycles. The average Bonchev–Trinajstić information content (AvgIpc) is 2.73. The Morgan fingerprint density at radius 3 is 1.93 bits per heavy atom. The Labute approximate surface area is 169 Å². The Hall–Kier alpha value is -2.13. The number of rotatable bonds is 14. The van der Waals surface area contributed by atoms with Gasteiger partial charge in [0, 0.05) is 17.5 Å². The van der Waals surface area contributed by atoms with E-state index in [-0.39, 0.29) is 5.78 Å². The summed E-state index contributed by atoms with van der Waals surface area (Å²) < 4.78 is 5.57.